The second kappa shape index (κ2) is 5.16. The first kappa shape index (κ1) is 14.1. The van der Waals surface area contributed by atoms with Gasteiger partial charge in [0.05, 0.1) is 14.9 Å². The molecule has 1 heterocycles. The third-order valence-corrected chi connectivity index (χ3v) is 5.48. The Kier molecular flexibility index (Phi) is 3.64. The fraction of sp³-hybridized carbons (Fsp3) is 0.533. The van der Waals surface area contributed by atoms with Gasteiger partial charge < -0.3 is 10.6 Å². The molecule has 2 aliphatic rings. The minimum absolute atomic E-state index is 0.0296. The van der Waals surface area contributed by atoms with Crippen LogP contribution in [0, 0.1) is 15.3 Å². The predicted octanol–water partition coefficient (Wildman–Crippen LogP) is 4.13. The zero-order valence-electron chi connectivity index (χ0n) is 11.4. The number of amides is 1. The summed E-state index contributed by atoms with van der Waals surface area (Å²) in [5.74, 6) is 0.498. The molecule has 1 amide bonds. The van der Waals surface area contributed by atoms with Crippen molar-refractivity contribution in [1.29, 1.82) is 0 Å². The summed E-state index contributed by atoms with van der Waals surface area (Å²) in [6.07, 6.45) is 4.92. The molecule has 0 saturated heterocycles. The Labute approximate surface area is 131 Å². The van der Waals surface area contributed by atoms with Gasteiger partial charge >= 0.3 is 0 Å². The number of anilines is 2. The van der Waals surface area contributed by atoms with E-state index in [4.69, 9.17) is 0 Å². The van der Waals surface area contributed by atoms with Crippen LogP contribution in [0.3, 0.4) is 0 Å². The van der Waals surface area contributed by atoms with Crippen molar-refractivity contribution in [2.45, 2.75) is 44.6 Å². The van der Waals surface area contributed by atoms with Gasteiger partial charge in [-0.2, -0.15) is 0 Å². The molecule has 0 aromatic heterocycles. The highest BCUT2D eigenvalue weighted by Crippen LogP contribution is 2.42. The van der Waals surface area contributed by atoms with Crippen LogP contribution in [0.1, 0.15) is 39.0 Å². The third kappa shape index (κ3) is 2.29. The van der Waals surface area contributed by atoms with Crippen molar-refractivity contribution in [3.63, 3.8) is 0 Å². The van der Waals surface area contributed by atoms with Crippen molar-refractivity contribution in [3.8, 4) is 0 Å². The first-order chi connectivity index (χ1) is 9.54. The summed E-state index contributed by atoms with van der Waals surface area (Å²) in [5.41, 5.74) is 0.847. The molecule has 2 N–H and O–H groups in total. The fourth-order valence-electron chi connectivity index (χ4n) is 3.24. The number of carbonyl (C=O) groups excluding carboxylic acids is 1. The zero-order valence-corrected chi connectivity index (χ0v) is 13.6. The van der Waals surface area contributed by atoms with Crippen LogP contribution in [0.4, 0.5) is 15.8 Å². The molecular weight excluding hydrogens is 370 g/mol. The van der Waals surface area contributed by atoms with Gasteiger partial charge in [0.15, 0.2) is 0 Å². The number of rotatable bonds is 1. The van der Waals surface area contributed by atoms with Crippen molar-refractivity contribution in [3.05, 3.63) is 21.5 Å². The van der Waals surface area contributed by atoms with Crippen LogP contribution in [0.15, 0.2) is 12.1 Å². The Morgan fingerprint density at radius 3 is 2.70 bits per heavy atom. The second-order valence-electron chi connectivity index (χ2n) is 5.82. The first-order valence-electron chi connectivity index (χ1n) is 7.13. The normalized spacial score (nSPS) is 28.8. The van der Waals surface area contributed by atoms with Crippen molar-refractivity contribution in [1.82, 2.24) is 0 Å². The predicted molar refractivity (Wildman–Crippen MR) is 86.3 cm³/mol. The molecule has 0 bridgehead atoms. The second-order valence-corrected chi connectivity index (χ2v) is 6.99. The number of fused-ring (bicyclic) bond motifs is 1. The van der Waals surface area contributed by atoms with E-state index < -0.39 is 5.54 Å². The molecule has 1 aromatic carbocycles. The van der Waals surface area contributed by atoms with E-state index in [1.807, 2.05) is 22.6 Å². The van der Waals surface area contributed by atoms with Gasteiger partial charge in [-0.3, -0.25) is 4.79 Å². The number of halogens is 2. The van der Waals surface area contributed by atoms with Crippen molar-refractivity contribution in [2.75, 3.05) is 10.6 Å². The van der Waals surface area contributed by atoms with Gasteiger partial charge in [-0.25, -0.2) is 4.39 Å². The summed E-state index contributed by atoms with van der Waals surface area (Å²) < 4.78 is 14.2. The molecule has 108 valence electrons. The number of nitrogens with one attached hydrogen (secondary N) is 2. The quantitative estimate of drug-likeness (QED) is 0.711. The highest BCUT2D eigenvalue weighted by Gasteiger charge is 2.44. The summed E-state index contributed by atoms with van der Waals surface area (Å²) in [4.78, 5) is 12.5. The summed E-state index contributed by atoms with van der Waals surface area (Å²) in [7, 11) is 0. The van der Waals surface area contributed by atoms with Gasteiger partial charge in [-0.15, -0.1) is 0 Å². The number of hydrogen-bond acceptors (Lipinski definition) is 2. The van der Waals surface area contributed by atoms with Crippen LogP contribution >= 0.6 is 22.6 Å². The highest BCUT2D eigenvalue weighted by molar-refractivity contribution is 14.1. The third-order valence-electron chi connectivity index (χ3n) is 4.65. The van der Waals surface area contributed by atoms with Crippen LogP contribution < -0.4 is 10.6 Å². The average Bonchev–Trinajstić information content (AvgIpc) is 2.44. The highest BCUT2D eigenvalue weighted by atomic mass is 127. The maximum absolute atomic E-state index is 13.7. The molecule has 1 saturated carbocycles. The van der Waals surface area contributed by atoms with Gasteiger partial charge in [0.25, 0.3) is 0 Å². The summed E-state index contributed by atoms with van der Waals surface area (Å²) in [6, 6.07) is 3.17. The number of benzene rings is 1. The Morgan fingerprint density at radius 2 is 2.05 bits per heavy atom. The molecule has 1 aromatic rings. The monoisotopic (exact) mass is 388 g/mol. The number of hydrogen-bond donors (Lipinski definition) is 2. The van der Waals surface area contributed by atoms with E-state index in [1.165, 1.54) is 12.5 Å². The van der Waals surface area contributed by atoms with E-state index in [-0.39, 0.29) is 11.7 Å². The van der Waals surface area contributed by atoms with Gasteiger partial charge in [0.2, 0.25) is 5.91 Å². The van der Waals surface area contributed by atoms with Gasteiger partial charge in [-0.05, 0) is 60.3 Å². The van der Waals surface area contributed by atoms with E-state index >= 15 is 0 Å². The van der Waals surface area contributed by atoms with Crippen LogP contribution in [-0.4, -0.2) is 11.4 Å². The smallest absolute Gasteiger partial charge is 0.250 e. The van der Waals surface area contributed by atoms with Crippen LogP contribution in [0.5, 0.6) is 0 Å². The summed E-state index contributed by atoms with van der Waals surface area (Å²) in [6.45, 7) is 2.20. The molecule has 0 atom stereocenters. The molecule has 0 unspecified atom stereocenters. The van der Waals surface area contributed by atoms with Crippen molar-refractivity contribution >= 4 is 39.9 Å². The minimum Gasteiger partial charge on any atom is -0.369 e. The summed E-state index contributed by atoms with van der Waals surface area (Å²) in [5, 5.41) is 6.27. The van der Waals surface area contributed by atoms with Gasteiger partial charge in [0.1, 0.15) is 11.4 Å². The Hall–Kier alpha value is -0.850. The lowest BCUT2D eigenvalue weighted by Crippen LogP contribution is -2.54. The van der Waals surface area contributed by atoms with Crippen LogP contribution in [-0.2, 0) is 4.79 Å². The molecular formula is C15H18FIN2O. The van der Waals surface area contributed by atoms with E-state index in [0.29, 0.717) is 20.9 Å². The topological polar surface area (TPSA) is 41.1 Å². The Balaban J connectivity index is 1.89. The van der Waals surface area contributed by atoms with E-state index in [9.17, 15) is 9.18 Å². The summed E-state index contributed by atoms with van der Waals surface area (Å²) >= 11 is 1.94. The SMILES string of the molecule is CCC1CCC2(CC1)Nc1cc(F)c(I)cc1NC2=O. The van der Waals surface area contributed by atoms with E-state index in [2.05, 4.69) is 17.6 Å². The van der Waals surface area contributed by atoms with Crippen molar-refractivity contribution < 1.29 is 9.18 Å². The molecule has 3 nitrogen and oxygen atoms in total. The molecule has 1 fully saturated rings. The maximum Gasteiger partial charge on any atom is 0.250 e. The van der Waals surface area contributed by atoms with Crippen LogP contribution in [0.25, 0.3) is 0 Å². The lowest BCUT2D eigenvalue weighted by molar-refractivity contribution is -0.121. The average molecular weight is 388 g/mol. The minimum atomic E-state index is -0.544. The largest absolute Gasteiger partial charge is 0.369 e. The molecule has 0 radical (unpaired) electrons. The molecule has 5 heteroatoms. The van der Waals surface area contributed by atoms with Crippen LogP contribution in [0.2, 0.25) is 0 Å². The first-order valence-corrected chi connectivity index (χ1v) is 8.20. The Bertz CT molecular complexity index is 553. The molecule has 1 spiro atoms. The number of carbonyl (C=O) groups is 1. The lowest BCUT2D eigenvalue weighted by Gasteiger charge is -2.43. The zero-order chi connectivity index (χ0) is 14.3. The van der Waals surface area contributed by atoms with Gasteiger partial charge in [0, 0.05) is 6.07 Å². The molecule has 1 aliphatic carbocycles. The maximum atomic E-state index is 13.7. The molecule has 1 aliphatic heterocycles. The fourth-order valence-corrected chi connectivity index (χ4v) is 3.71. The van der Waals surface area contributed by atoms with Gasteiger partial charge in [-0.1, -0.05) is 13.3 Å². The van der Waals surface area contributed by atoms with E-state index in [1.54, 1.807) is 6.07 Å². The molecule has 3 rings (SSSR count). The standard InChI is InChI=1S/C15H18FIN2O/c1-2-9-3-5-15(6-4-9)14(20)18-12-8-11(17)10(16)7-13(12)19-15/h7-9,19H,2-6H2,1H3,(H,18,20). The lowest BCUT2D eigenvalue weighted by atomic mass is 9.74. The Morgan fingerprint density at radius 1 is 1.35 bits per heavy atom. The molecule has 20 heavy (non-hydrogen) atoms. The van der Waals surface area contributed by atoms with E-state index in [0.717, 1.165) is 25.7 Å². The van der Waals surface area contributed by atoms with Crippen molar-refractivity contribution in [2.24, 2.45) is 5.92 Å².